The highest BCUT2D eigenvalue weighted by Crippen LogP contribution is 2.20. The maximum absolute atomic E-state index is 11.5. The molecule has 0 aromatic heterocycles. The average Bonchev–Trinajstić information content (AvgIpc) is 2.03. The molecular formula is C12H23NO. The van der Waals surface area contributed by atoms with Crippen molar-refractivity contribution < 1.29 is 4.79 Å². The van der Waals surface area contributed by atoms with Gasteiger partial charge in [-0.3, -0.25) is 4.79 Å². The van der Waals surface area contributed by atoms with Crippen LogP contribution in [0.3, 0.4) is 0 Å². The van der Waals surface area contributed by atoms with Crippen LogP contribution in [0.15, 0.2) is 12.7 Å². The van der Waals surface area contributed by atoms with E-state index in [0.717, 1.165) is 12.8 Å². The van der Waals surface area contributed by atoms with E-state index >= 15 is 0 Å². The summed E-state index contributed by atoms with van der Waals surface area (Å²) >= 11 is 0. The first-order valence-electron chi connectivity index (χ1n) is 5.26. The fraction of sp³-hybridized carbons (Fsp3) is 0.750. The highest BCUT2D eigenvalue weighted by Gasteiger charge is 2.22. The second-order valence-electron chi connectivity index (χ2n) is 4.90. The molecule has 0 fully saturated rings. The topological polar surface area (TPSA) is 43.1 Å². The molecule has 0 aromatic carbocycles. The zero-order chi connectivity index (χ0) is 11.2. The van der Waals surface area contributed by atoms with Crippen LogP contribution in [0.2, 0.25) is 0 Å². The van der Waals surface area contributed by atoms with E-state index in [1.54, 1.807) is 0 Å². The summed E-state index contributed by atoms with van der Waals surface area (Å²) in [6, 6.07) is -0.0290. The van der Waals surface area contributed by atoms with Crippen molar-refractivity contribution >= 4 is 5.78 Å². The van der Waals surface area contributed by atoms with Crippen molar-refractivity contribution in [1.29, 1.82) is 0 Å². The molecule has 1 unspecified atom stereocenters. The van der Waals surface area contributed by atoms with E-state index in [-0.39, 0.29) is 17.2 Å². The van der Waals surface area contributed by atoms with E-state index in [0.29, 0.717) is 12.8 Å². The van der Waals surface area contributed by atoms with Gasteiger partial charge in [0.15, 0.2) is 0 Å². The van der Waals surface area contributed by atoms with Crippen LogP contribution < -0.4 is 5.73 Å². The van der Waals surface area contributed by atoms with Crippen molar-refractivity contribution in [2.45, 2.75) is 52.5 Å². The Morgan fingerprint density at radius 2 is 2.07 bits per heavy atom. The molecule has 82 valence electrons. The second-order valence-corrected chi connectivity index (χ2v) is 4.90. The van der Waals surface area contributed by atoms with Crippen molar-refractivity contribution in [2.24, 2.45) is 11.1 Å². The van der Waals surface area contributed by atoms with Gasteiger partial charge in [0, 0.05) is 18.9 Å². The van der Waals surface area contributed by atoms with E-state index in [4.69, 9.17) is 5.73 Å². The lowest BCUT2D eigenvalue weighted by atomic mass is 9.84. The predicted molar refractivity (Wildman–Crippen MR) is 61.1 cm³/mol. The third-order valence-electron chi connectivity index (χ3n) is 2.42. The summed E-state index contributed by atoms with van der Waals surface area (Å²) in [6.07, 6.45) is 4.79. The summed E-state index contributed by atoms with van der Waals surface area (Å²) in [5.74, 6) is 0.272. The highest BCUT2D eigenvalue weighted by atomic mass is 16.1. The molecule has 0 saturated heterocycles. The van der Waals surface area contributed by atoms with Gasteiger partial charge in [0.05, 0.1) is 0 Å². The molecule has 0 amide bonds. The van der Waals surface area contributed by atoms with Gasteiger partial charge < -0.3 is 5.73 Å². The van der Waals surface area contributed by atoms with Crippen LogP contribution in [-0.2, 0) is 4.79 Å². The molecular weight excluding hydrogens is 174 g/mol. The smallest absolute Gasteiger partial charge is 0.134 e. The average molecular weight is 197 g/mol. The summed E-state index contributed by atoms with van der Waals surface area (Å²) in [7, 11) is 0. The largest absolute Gasteiger partial charge is 0.327 e. The molecule has 2 N–H and O–H groups in total. The van der Waals surface area contributed by atoms with Crippen molar-refractivity contribution in [2.75, 3.05) is 0 Å². The third kappa shape index (κ3) is 5.92. The molecule has 0 spiro atoms. The maximum atomic E-state index is 11.5. The summed E-state index contributed by atoms with van der Waals surface area (Å²) in [5.41, 5.74) is 5.94. The van der Waals surface area contributed by atoms with E-state index in [1.165, 1.54) is 0 Å². The molecule has 2 heteroatoms. The predicted octanol–water partition coefficient (Wildman–Crippen LogP) is 2.68. The molecule has 0 heterocycles. The Bertz CT molecular complexity index is 191. The van der Waals surface area contributed by atoms with E-state index in [2.05, 4.69) is 27.4 Å². The normalized spacial score (nSPS) is 13.7. The molecule has 2 nitrogen and oxygen atoms in total. The van der Waals surface area contributed by atoms with Gasteiger partial charge in [-0.1, -0.05) is 26.8 Å². The van der Waals surface area contributed by atoms with Crippen LogP contribution in [0.25, 0.3) is 0 Å². The van der Waals surface area contributed by atoms with Crippen molar-refractivity contribution in [1.82, 2.24) is 0 Å². The van der Waals surface area contributed by atoms with Crippen LogP contribution in [0.5, 0.6) is 0 Å². The Balaban J connectivity index is 3.77. The Morgan fingerprint density at radius 3 is 2.50 bits per heavy atom. The molecule has 1 atom stereocenters. The summed E-state index contributed by atoms with van der Waals surface area (Å²) in [4.78, 5) is 11.5. The quantitative estimate of drug-likeness (QED) is 0.525. The van der Waals surface area contributed by atoms with Crippen LogP contribution in [0, 0.1) is 5.41 Å². The molecule has 0 bridgehead atoms. The monoisotopic (exact) mass is 197 g/mol. The molecule has 0 rings (SSSR count). The zero-order valence-electron chi connectivity index (χ0n) is 9.68. The number of allylic oxidation sites excluding steroid dienone is 1. The van der Waals surface area contributed by atoms with Gasteiger partial charge in [-0.25, -0.2) is 0 Å². The van der Waals surface area contributed by atoms with Gasteiger partial charge in [-0.05, 0) is 18.3 Å². The Labute approximate surface area is 87.6 Å². The number of rotatable bonds is 6. The standard InChI is InChI=1S/C12H23NO/c1-5-6-7-8-10(14)9-11(13)12(2,3)4/h5,11H,1,6-9,13H2,2-4H3. The van der Waals surface area contributed by atoms with Gasteiger partial charge in [-0.15, -0.1) is 6.58 Å². The van der Waals surface area contributed by atoms with Gasteiger partial charge >= 0.3 is 0 Å². The highest BCUT2D eigenvalue weighted by molar-refractivity contribution is 5.79. The van der Waals surface area contributed by atoms with Crippen LogP contribution >= 0.6 is 0 Å². The maximum Gasteiger partial charge on any atom is 0.134 e. The lowest BCUT2D eigenvalue weighted by Gasteiger charge is -2.26. The molecule has 0 aromatic rings. The fourth-order valence-corrected chi connectivity index (χ4v) is 1.10. The van der Waals surface area contributed by atoms with Crippen LogP contribution in [0.1, 0.15) is 46.5 Å². The van der Waals surface area contributed by atoms with Gasteiger partial charge in [0.25, 0.3) is 0 Å². The second kappa shape index (κ2) is 5.97. The Kier molecular flexibility index (Phi) is 5.70. The molecule has 14 heavy (non-hydrogen) atoms. The summed E-state index contributed by atoms with van der Waals surface area (Å²) in [5, 5.41) is 0. The minimum Gasteiger partial charge on any atom is -0.327 e. The number of ketones is 1. The first-order valence-corrected chi connectivity index (χ1v) is 5.26. The first-order chi connectivity index (χ1) is 6.38. The van der Waals surface area contributed by atoms with Crippen LogP contribution in [-0.4, -0.2) is 11.8 Å². The lowest BCUT2D eigenvalue weighted by Crippen LogP contribution is -2.36. The fourth-order valence-electron chi connectivity index (χ4n) is 1.10. The summed E-state index contributed by atoms with van der Waals surface area (Å²) in [6.45, 7) is 9.81. The minimum atomic E-state index is -0.0290. The molecule has 0 aliphatic carbocycles. The van der Waals surface area contributed by atoms with Gasteiger partial charge in [0.1, 0.15) is 5.78 Å². The third-order valence-corrected chi connectivity index (χ3v) is 2.42. The number of Topliss-reactive ketones (excluding diaryl/α,β-unsaturated/α-hetero) is 1. The van der Waals surface area contributed by atoms with E-state index in [1.807, 2.05) is 6.08 Å². The number of carbonyl (C=O) groups is 1. The van der Waals surface area contributed by atoms with Crippen molar-refractivity contribution in [3.8, 4) is 0 Å². The molecule has 0 aliphatic rings. The number of unbranched alkanes of at least 4 members (excludes halogenated alkanes) is 1. The van der Waals surface area contributed by atoms with Crippen molar-refractivity contribution in [3.63, 3.8) is 0 Å². The summed E-state index contributed by atoms with van der Waals surface area (Å²) < 4.78 is 0. The molecule has 0 radical (unpaired) electrons. The molecule has 0 saturated carbocycles. The van der Waals surface area contributed by atoms with Gasteiger partial charge in [0.2, 0.25) is 0 Å². The number of hydrogen-bond donors (Lipinski definition) is 1. The van der Waals surface area contributed by atoms with Crippen LogP contribution in [0.4, 0.5) is 0 Å². The SMILES string of the molecule is C=CCCCC(=O)CC(N)C(C)(C)C. The number of hydrogen-bond acceptors (Lipinski definition) is 2. The lowest BCUT2D eigenvalue weighted by molar-refractivity contribution is -0.120. The van der Waals surface area contributed by atoms with Crippen molar-refractivity contribution in [3.05, 3.63) is 12.7 Å². The zero-order valence-corrected chi connectivity index (χ0v) is 9.68. The van der Waals surface area contributed by atoms with E-state index < -0.39 is 0 Å². The Morgan fingerprint density at radius 1 is 1.50 bits per heavy atom. The Hall–Kier alpha value is -0.630. The van der Waals surface area contributed by atoms with E-state index in [9.17, 15) is 4.79 Å². The van der Waals surface area contributed by atoms with Gasteiger partial charge in [-0.2, -0.15) is 0 Å². The number of carbonyl (C=O) groups excluding carboxylic acids is 1. The number of nitrogens with two attached hydrogens (primary N) is 1. The first kappa shape index (κ1) is 13.4. The minimum absolute atomic E-state index is 0.0219. The molecule has 0 aliphatic heterocycles.